The fourth-order valence-corrected chi connectivity index (χ4v) is 2.83. The van der Waals surface area contributed by atoms with Crippen LogP contribution in [0.15, 0.2) is 24.3 Å². The van der Waals surface area contributed by atoms with Gasteiger partial charge in [-0.15, -0.1) is 11.6 Å². The van der Waals surface area contributed by atoms with Crippen LogP contribution in [0.3, 0.4) is 0 Å². The van der Waals surface area contributed by atoms with Crippen molar-refractivity contribution in [3.05, 3.63) is 29.8 Å². The molecule has 1 atom stereocenters. The van der Waals surface area contributed by atoms with Crippen molar-refractivity contribution in [1.29, 1.82) is 0 Å². The molecule has 2 heteroatoms. The van der Waals surface area contributed by atoms with Gasteiger partial charge in [0.2, 0.25) is 0 Å². The van der Waals surface area contributed by atoms with Gasteiger partial charge < -0.3 is 4.74 Å². The van der Waals surface area contributed by atoms with Gasteiger partial charge >= 0.3 is 0 Å². The summed E-state index contributed by atoms with van der Waals surface area (Å²) in [6.45, 7) is 4.47. The number of benzene rings is 1. The average Bonchev–Trinajstić information content (AvgIpc) is 2.39. The predicted octanol–water partition coefficient (Wildman–Crippen LogP) is 5.06. The summed E-state index contributed by atoms with van der Waals surface area (Å²) in [4.78, 5) is 0. The first-order valence-electron chi connectivity index (χ1n) is 6.98. The van der Waals surface area contributed by atoms with Crippen LogP contribution in [0, 0.1) is 5.92 Å². The molecule has 0 aromatic heterocycles. The molecule has 0 saturated heterocycles. The molecule has 0 aliphatic rings. The lowest BCUT2D eigenvalue weighted by Gasteiger charge is -2.21. The van der Waals surface area contributed by atoms with E-state index in [0.29, 0.717) is 5.92 Å². The van der Waals surface area contributed by atoms with Crippen molar-refractivity contribution in [2.24, 2.45) is 5.92 Å². The van der Waals surface area contributed by atoms with Crippen molar-refractivity contribution in [2.75, 3.05) is 7.11 Å². The lowest BCUT2D eigenvalue weighted by molar-refractivity contribution is 0.412. The van der Waals surface area contributed by atoms with Crippen molar-refractivity contribution < 1.29 is 4.74 Å². The molecule has 0 spiro atoms. The van der Waals surface area contributed by atoms with Crippen molar-refractivity contribution in [1.82, 2.24) is 0 Å². The van der Waals surface area contributed by atoms with E-state index in [0.717, 1.165) is 12.2 Å². The number of hydrogen-bond acceptors (Lipinski definition) is 1. The molecule has 0 heterocycles. The maximum Gasteiger partial charge on any atom is 0.118 e. The standard InChI is InChI=1S/C16H25ClO/c1-4-6-14(7-5-2)16(17)12-13-8-10-15(18-3)11-9-13/h8-11,14,16H,4-7,12H2,1-3H3. The smallest absolute Gasteiger partial charge is 0.118 e. The fourth-order valence-electron chi connectivity index (χ4n) is 2.40. The minimum Gasteiger partial charge on any atom is -0.497 e. The fraction of sp³-hybridized carbons (Fsp3) is 0.625. The van der Waals surface area contributed by atoms with Crippen LogP contribution >= 0.6 is 11.6 Å². The summed E-state index contributed by atoms with van der Waals surface area (Å²) in [6.07, 6.45) is 5.86. The molecule has 1 unspecified atom stereocenters. The van der Waals surface area contributed by atoms with E-state index < -0.39 is 0 Å². The van der Waals surface area contributed by atoms with Crippen LogP contribution in [0.25, 0.3) is 0 Å². The predicted molar refractivity (Wildman–Crippen MR) is 79.6 cm³/mol. The second kappa shape index (κ2) is 8.42. The second-order valence-electron chi connectivity index (χ2n) is 4.91. The van der Waals surface area contributed by atoms with E-state index in [1.54, 1.807) is 7.11 Å². The molecule has 0 aliphatic carbocycles. The maximum atomic E-state index is 6.58. The van der Waals surface area contributed by atoms with Crippen LogP contribution < -0.4 is 4.74 Å². The van der Waals surface area contributed by atoms with E-state index >= 15 is 0 Å². The van der Waals surface area contributed by atoms with Crippen molar-refractivity contribution >= 4 is 11.6 Å². The molecule has 0 amide bonds. The summed E-state index contributed by atoms with van der Waals surface area (Å²) in [5, 5.41) is 0.248. The van der Waals surface area contributed by atoms with Crippen molar-refractivity contribution in [3.63, 3.8) is 0 Å². The van der Waals surface area contributed by atoms with E-state index in [-0.39, 0.29) is 5.38 Å². The van der Waals surface area contributed by atoms with E-state index in [9.17, 15) is 0 Å². The van der Waals surface area contributed by atoms with Crippen molar-refractivity contribution in [3.8, 4) is 5.75 Å². The number of alkyl halides is 1. The van der Waals surface area contributed by atoms with Gasteiger partial charge in [-0.1, -0.05) is 38.8 Å². The average molecular weight is 269 g/mol. The van der Waals surface area contributed by atoms with Crippen LogP contribution in [0.4, 0.5) is 0 Å². The molecular formula is C16H25ClO. The van der Waals surface area contributed by atoms with Gasteiger partial charge in [0.1, 0.15) is 5.75 Å². The minimum absolute atomic E-state index is 0.248. The number of ether oxygens (including phenoxy) is 1. The van der Waals surface area contributed by atoms with Crippen LogP contribution in [0.1, 0.15) is 45.1 Å². The van der Waals surface area contributed by atoms with Crippen molar-refractivity contribution in [2.45, 2.75) is 51.3 Å². The van der Waals surface area contributed by atoms with Gasteiger partial charge in [0.15, 0.2) is 0 Å². The van der Waals surface area contributed by atoms with Gasteiger partial charge in [-0.3, -0.25) is 0 Å². The lowest BCUT2D eigenvalue weighted by atomic mass is 9.91. The molecule has 0 aliphatic heterocycles. The summed E-state index contributed by atoms with van der Waals surface area (Å²) < 4.78 is 5.17. The van der Waals surface area contributed by atoms with Gasteiger partial charge in [0.25, 0.3) is 0 Å². The third-order valence-corrected chi connectivity index (χ3v) is 3.93. The Morgan fingerprint density at radius 2 is 1.61 bits per heavy atom. The number of halogens is 1. The molecule has 1 aromatic rings. The third-order valence-electron chi connectivity index (χ3n) is 3.42. The minimum atomic E-state index is 0.248. The topological polar surface area (TPSA) is 9.23 Å². The quantitative estimate of drug-likeness (QED) is 0.599. The molecule has 1 aromatic carbocycles. The molecular weight excluding hydrogens is 244 g/mol. The molecule has 1 rings (SSSR count). The number of methoxy groups -OCH3 is 1. The normalized spacial score (nSPS) is 12.7. The van der Waals surface area contributed by atoms with Crippen LogP contribution in [-0.2, 0) is 6.42 Å². The highest BCUT2D eigenvalue weighted by Gasteiger charge is 2.18. The zero-order valence-corrected chi connectivity index (χ0v) is 12.5. The maximum absolute atomic E-state index is 6.58. The van der Waals surface area contributed by atoms with E-state index in [4.69, 9.17) is 16.3 Å². The Labute approximate surface area is 116 Å². The third kappa shape index (κ3) is 4.89. The van der Waals surface area contributed by atoms with Gasteiger partial charge in [-0.2, -0.15) is 0 Å². The van der Waals surface area contributed by atoms with E-state index in [1.807, 2.05) is 12.1 Å². The first-order chi connectivity index (χ1) is 8.71. The highest BCUT2D eigenvalue weighted by atomic mass is 35.5. The molecule has 0 N–H and O–H groups in total. The van der Waals surface area contributed by atoms with Gasteiger partial charge in [0.05, 0.1) is 7.11 Å². The molecule has 0 fully saturated rings. The van der Waals surface area contributed by atoms with Crippen LogP contribution in [0.5, 0.6) is 5.75 Å². The SMILES string of the molecule is CCCC(CCC)C(Cl)Cc1ccc(OC)cc1. The Kier molecular flexibility index (Phi) is 7.19. The molecule has 0 bridgehead atoms. The highest BCUT2D eigenvalue weighted by molar-refractivity contribution is 6.20. The summed E-state index contributed by atoms with van der Waals surface area (Å²) in [6, 6.07) is 8.24. The lowest BCUT2D eigenvalue weighted by Crippen LogP contribution is -2.17. The monoisotopic (exact) mass is 268 g/mol. The molecule has 102 valence electrons. The van der Waals surface area contributed by atoms with Crippen LogP contribution in [-0.4, -0.2) is 12.5 Å². The zero-order valence-electron chi connectivity index (χ0n) is 11.8. The first kappa shape index (κ1) is 15.4. The highest BCUT2D eigenvalue weighted by Crippen LogP contribution is 2.25. The second-order valence-corrected chi connectivity index (χ2v) is 5.47. The Morgan fingerprint density at radius 3 is 2.06 bits per heavy atom. The molecule has 18 heavy (non-hydrogen) atoms. The molecule has 0 saturated carbocycles. The Balaban J connectivity index is 2.57. The summed E-state index contributed by atoms with van der Waals surface area (Å²) in [5.41, 5.74) is 1.30. The summed E-state index contributed by atoms with van der Waals surface area (Å²) in [7, 11) is 1.69. The number of hydrogen-bond donors (Lipinski definition) is 0. The van der Waals surface area contributed by atoms with Crippen LogP contribution in [0.2, 0.25) is 0 Å². The Morgan fingerprint density at radius 1 is 1.06 bits per heavy atom. The Bertz CT molecular complexity index is 314. The number of rotatable bonds is 8. The van der Waals surface area contributed by atoms with E-state index in [1.165, 1.54) is 31.2 Å². The summed E-state index contributed by atoms with van der Waals surface area (Å²) >= 11 is 6.58. The zero-order chi connectivity index (χ0) is 13.4. The molecule has 0 radical (unpaired) electrons. The van der Waals surface area contributed by atoms with Gasteiger partial charge in [0, 0.05) is 5.38 Å². The van der Waals surface area contributed by atoms with E-state index in [2.05, 4.69) is 26.0 Å². The molecule has 1 nitrogen and oxygen atoms in total. The van der Waals surface area contributed by atoms with Gasteiger partial charge in [-0.05, 0) is 42.9 Å². The first-order valence-corrected chi connectivity index (χ1v) is 7.41. The largest absolute Gasteiger partial charge is 0.497 e. The van der Waals surface area contributed by atoms with Gasteiger partial charge in [-0.25, -0.2) is 0 Å². The summed E-state index contributed by atoms with van der Waals surface area (Å²) in [5.74, 6) is 1.55. The Hall–Kier alpha value is -0.690.